The summed E-state index contributed by atoms with van der Waals surface area (Å²) in [5.74, 6) is -1.44. The molecule has 1 aliphatic rings. The molecule has 1 fully saturated rings. The van der Waals surface area contributed by atoms with E-state index in [2.05, 4.69) is 15.4 Å². The lowest BCUT2D eigenvalue weighted by molar-refractivity contribution is -0.142. The van der Waals surface area contributed by atoms with Gasteiger partial charge >= 0.3 is 18.0 Å². The van der Waals surface area contributed by atoms with E-state index in [-0.39, 0.29) is 18.8 Å². The number of hydrogen-bond acceptors (Lipinski definition) is 5. The Morgan fingerprint density at radius 1 is 1.43 bits per heavy atom. The molecule has 3 N–H and O–H groups in total. The minimum absolute atomic E-state index is 0.0119. The highest BCUT2D eigenvalue weighted by Gasteiger charge is 2.22. The molecule has 0 spiro atoms. The van der Waals surface area contributed by atoms with Crippen LogP contribution in [0.5, 0.6) is 0 Å². The van der Waals surface area contributed by atoms with Crippen LogP contribution in [0.4, 0.5) is 4.79 Å². The summed E-state index contributed by atoms with van der Waals surface area (Å²) in [6.07, 6.45) is 1.86. The summed E-state index contributed by atoms with van der Waals surface area (Å²) in [6, 6.07) is -1.68. The second kappa shape index (κ2) is 9.17. The van der Waals surface area contributed by atoms with E-state index in [0.29, 0.717) is 13.2 Å². The third kappa shape index (κ3) is 6.94. The normalized spacial score (nSPS) is 19.4. The summed E-state index contributed by atoms with van der Waals surface area (Å²) in [4.78, 5) is 33.7. The number of methoxy groups -OCH3 is 1. The van der Waals surface area contributed by atoms with E-state index in [1.807, 2.05) is 0 Å². The Balaban J connectivity index is 2.30. The predicted molar refractivity (Wildman–Crippen MR) is 72.8 cm³/mol. The molecule has 8 heteroatoms. The molecule has 0 saturated carbocycles. The molecule has 0 aromatic heterocycles. The first-order chi connectivity index (χ1) is 10.0. The molecular weight excluding hydrogens is 280 g/mol. The number of carboxylic acids is 1. The third-order valence-electron chi connectivity index (χ3n) is 3.27. The molecule has 120 valence electrons. The summed E-state index contributed by atoms with van der Waals surface area (Å²) >= 11 is 0. The van der Waals surface area contributed by atoms with Crippen molar-refractivity contribution in [3.63, 3.8) is 0 Å². The fraction of sp³-hybridized carbons (Fsp3) is 0.769. The Hall–Kier alpha value is -1.83. The smallest absolute Gasteiger partial charge is 0.326 e. The second-order valence-electron chi connectivity index (χ2n) is 4.94. The average Bonchev–Trinajstić information content (AvgIpc) is 2.49. The van der Waals surface area contributed by atoms with Crippen molar-refractivity contribution in [2.45, 2.75) is 31.7 Å². The van der Waals surface area contributed by atoms with E-state index in [9.17, 15) is 14.4 Å². The molecule has 1 aliphatic heterocycles. The number of esters is 1. The molecule has 2 atom stereocenters. The first-order valence-corrected chi connectivity index (χ1v) is 6.94. The number of ether oxygens (including phenoxy) is 2. The highest BCUT2D eigenvalue weighted by atomic mass is 16.5. The lowest BCUT2D eigenvalue weighted by Gasteiger charge is -2.22. The molecule has 1 heterocycles. The largest absolute Gasteiger partial charge is 0.480 e. The van der Waals surface area contributed by atoms with Crippen LogP contribution in [0.25, 0.3) is 0 Å². The van der Waals surface area contributed by atoms with Crippen LogP contribution in [0.15, 0.2) is 0 Å². The Kier molecular flexibility index (Phi) is 7.52. The number of carboxylic acid groups (broad SMARTS) is 1. The van der Waals surface area contributed by atoms with Gasteiger partial charge in [0.2, 0.25) is 0 Å². The van der Waals surface area contributed by atoms with Crippen LogP contribution >= 0.6 is 0 Å². The quantitative estimate of drug-likeness (QED) is 0.575. The van der Waals surface area contributed by atoms with Crippen LogP contribution < -0.4 is 10.6 Å². The molecule has 1 unspecified atom stereocenters. The van der Waals surface area contributed by atoms with Gasteiger partial charge in [-0.2, -0.15) is 0 Å². The maximum Gasteiger partial charge on any atom is 0.326 e. The van der Waals surface area contributed by atoms with Gasteiger partial charge in [0, 0.05) is 19.6 Å². The highest BCUT2D eigenvalue weighted by molar-refractivity contribution is 5.83. The monoisotopic (exact) mass is 302 g/mol. The molecule has 2 amide bonds. The van der Waals surface area contributed by atoms with Gasteiger partial charge in [-0.3, -0.25) is 4.79 Å². The van der Waals surface area contributed by atoms with Crippen molar-refractivity contribution in [3.05, 3.63) is 0 Å². The first-order valence-electron chi connectivity index (χ1n) is 6.94. The maximum atomic E-state index is 11.7. The minimum atomic E-state index is -1.19. The lowest BCUT2D eigenvalue weighted by Crippen LogP contribution is -2.47. The maximum absolute atomic E-state index is 11.7. The number of hydrogen-bond donors (Lipinski definition) is 3. The Labute approximate surface area is 123 Å². The van der Waals surface area contributed by atoms with Crippen molar-refractivity contribution in [1.29, 1.82) is 0 Å². The highest BCUT2D eigenvalue weighted by Crippen LogP contribution is 2.12. The first kappa shape index (κ1) is 17.2. The number of amides is 2. The SMILES string of the molecule is COC(=O)CC[C@@H](NC(=O)NCC1CCCOC1)C(=O)O. The molecule has 8 nitrogen and oxygen atoms in total. The van der Waals surface area contributed by atoms with E-state index in [4.69, 9.17) is 9.84 Å². The van der Waals surface area contributed by atoms with Gasteiger partial charge in [0.25, 0.3) is 0 Å². The van der Waals surface area contributed by atoms with E-state index in [0.717, 1.165) is 19.4 Å². The van der Waals surface area contributed by atoms with E-state index in [1.54, 1.807) is 0 Å². The molecule has 0 bridgehead atoms. The Bertz CT molecular complexity index is 368. The summed E-state index contributed by atoms with van der Waals surface area (Å²) in [6.45, 7) is 1.79. The number of carbonyl (C=O) groups excluding carboxylic acids is 2. The van der Waals surface area contributed by atoms with Gasteiger partial charge in [0.1, 0.15) is 6.04 Å². The van der Waals surface area contributed by atoms with Gasteiger partial charge in [-0.05, 0) is 25.2 Å². The fourth-order valence-electron chi connectivity index (χ4n) is 2.04. The zero-order valence-electron chi connectivity index (χ0n) is 12.1. The van der Waals surface area contributed by atoms with Gasteiger partial charge in [0.15, 0.2) is 0 Å². The number of nitrogens with one attached hydrogen (secondary N) is 2. The molecule has 21 heavy (non-hydrogen) atoms. The standard InChI is InChI=1S/C13H22N2O6/c1-20-11(16)5-4-10(12(17)18)15-13(19)14-7-9-3-2-6-21-8-9/h9-10H,2-8H2,1H3,(H,17,18)(H2,14,15,19)/t9?,10-/m1/s1. The molecule has 0 radical (unpaired) electrons. The lowest BCUT2D eigenvalue weighted by atomic mass is 10.0. The minimum Gasteiger partial charge on any atom is -0.480 e. The predicted octanol–water partition coefficient (Wildman–Crippen LogP) is 0.119. The molecule has 0 aromatic carbocycles. The van der Waals surface area contributed by atoms with Crippen LogP contribution in [-0.4, -0.2) is 56.0 Å². The third-order valence-corrected chi connectivity index (χ3v) is 3.27. The van der Waals surface area contributed by atoms with E-state index in [1.165, 1.54) is 7.11 Å². The van der Waals surface area contributed by atoms with Crippen LogP contribution in [0.1, 0.15) is 25.7 Å². The van der Waals surface area contributed by atoms with Gasteiger partial charge in [-0.1, -0.05) is 0 Å². The van der Waals surface area contributed by atoms with Crippen LogP contribution in [-0.2, 0) is 19.1 Å². The molecule has 1 rings (SSSR count). The van der Waals surface area contributed by atoms with Crippen LogP contribution in [0, 0.1) is 5.92 Å². The van der Waals surface area contributed by atoms with Crippen molar-refractivity contribution in [2.75, 3.05) is 26.9 Å². The van der Waals surface area contributed by atoms with Crippen molar-refractivity contribution in [2.24, 2.45) is 5.92 Å². The fourth-order valence-corrected chi connectivity index (χ4v) is 2.04. The molecule has 0 aliphatic carbocycles. The number of carbonyl (C=O) groups is 3. The van der Waals surface area contributed by atoms with Crippen LogP contribution in [0.3, 0.4) is 0 Å². The van der Waals surface area contributed by atoms with Crippen molar-refractivity contribution in [1.82, 2.24) is 10.6 Å². The summed E-state index contributed by atoms with van der Waals surface area (Å²) in [7, 11) is 1.23. The van der Waals surface area contributed by atoms with Gasteiger partial charge in [-0.25, -0.2) is 9.59 Å². The molecular formula is C13H22N2O6. The van der Waals surface area contributed by atoms with E-state index < -0.39 is 24.0 Å². The van der Waals surface area contributed by atoms with Crippen molar-refractivity contribution >= 4 is 18.0 Å². The Morgan fingerprint density at radius 3 is 2.76 bits per heavy atom. The van der Waals surface area contributed by atoms with Crippen LogP contribution in [0.2, 0.25) is 0 Å². The molecule has 1 saturated heterocycles. The average molecular weight is 302 g/mol. The number of aliphatic carboxylic acids is 1. The summed E-state index contributed by atoms with van der Waals surface area (Å²) < 4.78 is 9.73. The number of urea groups is 1. The van der Waals surface area contributed by atoms with Crippen molar-refractivity contribution < 1.29 is 29.0 Å². The topological polar surface area (TPSA) is 114 Å². The second-order valence-corrected chi connectivity index (χ2v) is 4.94. The van der Waals surface area contributed by atoms with Crippen molar-refractivity contribution in [3.8, 4) is 0 Å². The van der Waals surface area contributed by atoms with E-state index >= 15 is 0 Å². The van der Waals surface area contributed by atoms with Gasteiger partial charge in [-0.15, -0.1) is 0 Å². The summed E-state index contributed by atoms with van der Waals surface area (Å²) in [5.41, 5.74) is 0. The van der Waals surface area contributed by atoms with Gasteiger partial charge < -0.3 is 25.2 Å². The number of rotatable bonds is 7. The zero-order valence-corrected chi connectivity index (χ0v) is 12.1. The Morgan fingerprint density at radius 2 is 2.19 bits per heavy atom. The molecule has 0 aromatic rings. The zero-order chi connectivity index (χ0) is 15.7. The van der Waals surface area contributed by atoms with Gasteiger partial charge in [0.05, 0.1) is 13.7 Å². The summed E-state index contributed by atoms with van der Waals surface area (Å²) in [5, 5.41) is 14.0.